The molecular formula is C14H19ClN2OS. The van der Waals surface area contributed by atoms with Crippen molar-refractivity contribution in [1.29, 1.82) is 0 Å². The second kappa shape index (κ2) is 5.73. The monoisotopic (exact) mass is 298 g/mol. The van der Waals surface area contributed by atoms with Crippen molar-refractivity contribution in [2.45, 2.75) is 44.5 Å². The van der Waals surface area contributed by atoms with Crippen LogP contribution < -0.4 is 0 Å². The van der Waals surface area contributed by atoms with Crippen molar-refractivity contribution < 1.29 is 5.11 Å². The molecule has 0 amide bonds. The molecule has 19 heavy (non-hydrogen) atoms. The third-order valence-corrected chi connectivity index (χ3v) is 4.33. The maximum absolute atomic E-state index is 9.84. The highest BCUT2D eigenvalue weighted by Crippen LogP contribution is 2.28. The molecule has 0 atom stereocenters. The van der Waals surface area contributed by atoms with Crippen molar-refractivity contribution in [3.63, 3.8) is 0 Å². The quantitative estimate of drug-likeness (QED) is 0.849. The molecule has 0 aliphatic rings. The number of hydrogen-bond donors (Lipinski definition) is 1. The number of aryl methyl sites for hydroxylation is 1. The molecule has 0 aliphatic carbocycles. The Labute approximate surface area is 123 Å². The van der Waals surface area contributed by atoms with Crippen LogP contribution in [0.5, 0.6) is 0 Å². The summed E-state index contributed by atoms with van der Waals surface area (Å²) in [7, 11) is 0. The van der Waals surface area contributed by atoms with E-state index in [0.29, 0.717) is 10.8 Å². The second-order valence-electron chi connectivity index (χ2n) is 5.28. The molecule has 0 radical (unpaired) electrons. The molecule has 0 spiro atoms. The molecule has 104 valence electrons. The number of aliphatic hydroxyl groups is 1. The first-order chi connectivity index (χ1) is 8.90. The first-order valence-electron chi connectivity index (χ1n) is 6.41. The lowest BCUT2D eigenvalue weighted by Gasteiger charge is -2.16. The van der Waals surface area contributed by atoms with Gasteiger partial charge in [-0.3, -0.25) is 0 Å². The van der Waals surface area contributed by atoms with E-state index in [-0.39, 0.29) is 0 Å². The average Bonchev–Trinajstić information content (AvgIpc) is 2.64. The van der Waals surface area contributed by atoms with Crippen molar-refractivity contribution in [3.05, 3.63) is 23.2 Å². The Kier molecular flexibility index (Phi) is 4.43. The van der Waals surface area contributed by atoms with Crippen molar-refractivity contribution in [3.8, 4) is 0 Å². The highest BCUT2D eigenvalue weighted by molar-refractivity contribution is 7.99. The first-order valence-corrected chi connectivity index (χ1v) is 7.78. The second-order valence-corrected chi connectivity index (χ2v) is 6.66. The van der Waals surface area contributed by atoms with E-state index < -0.39 is 5.60 Å². The number of nitrogens with zero attached hydrogens (tertiary/aromatic N) is 2. The van der Waals surface area contributed by atoms with Gasteiger partial charge >= 0.3 is 0 Å². The number of benzene rings is 1. The Morgan fingerprint density at radius 2 is 2.16 bits per heavy atom. The van der Waals surface area contributed by atoms with Crippen LogP contribution in [0.4, 0.5) is 0 Å². The van der Waals surface area contributed by atoms with Gasteiger partial charge in [0.15, 0.2) is 5.16 Å². The van der Waals surface area contributed by atoms with Gasteiger partial charge in [-0.2, -0.15) is 0 Å². The minimum Gasteiger partial charge on any atom is -0.390 e. The Hall–Kier alpha value is -0.710. The van der Waals surface area contributed by atoms with E-state index >= 15 is 0 Å². The maximum Gasteiger partial charge on any atom is 0.169 e. The molecule has 2 rings (SSSR count). The molecular weight excluding hydrogens is 280 g/mol. The summed E-state index contributed by atoms with van der Waals surface area (Å²) in [6, 6.07) is 5.79. The third-order valence-electron chi connectivity index (χ3n) is 2.68. The Balaban J connectivity index is 2.38. The van der Waals surface area contributed by atoms with Crippen LogP contribution in [0.2, 0.25) is 5.02 Å². The predicted molar refractivity (Wildman–Crippen MR) is 82.1 cm³/mol. The minimum absolute atomic E-state index is 0.619. The molecule has 5 heteroatoms. The molecule has 0 aliphatic heterocycles. The van der Waals surface area contributed by atoms with Crippen molar-refractivity contribution >= 4 is 34.4 Å². The van der Waals surface area contributed by atoms with Gasteiger partial charge in [-0.15, -0.1) is 0 Å². The zero-order chi connectivity index (χ0) is 14.0. The SMILES string of the molecule is CCCn1c(SCC(C)(C)O)nc2cc(Cl)ccc21. The summed E-state index contributed by atoms with van der Waals surface area (Å²) in [4.78, 5) is 4.63. The summed E-state index contributed by atoms with van der Waals surface area (Å²) >= 11 is 7.60. The van der Waals surface area contributed by atoms with Crippen molar-refractivity contribution in [1.82, 2.24) is 9.55 Å². The van der Waals surface area contributed by atoms with Crippen LogP contribution >= 0.6 is 23.4 Å². The minimum atomic E-state index is -0.697. The summed E-state index contributed by atoms with van der Waals surface area (Å²) in [5.41, 5.74) is 1.32. The van der Waals surface area contributed by atoms with Gasteiger partial charge in [0, 0.05) is 17.3 Å². The van der Waals surface area contributed by atoms with Gasteiger partial charge in [-0.05, 0) is 38.5 Å². The van der Waals surface area contributed by atoms with E-state index in [9.17, 15) is 5.11 Å². The molecule has 2 aromatic rings. The average molecular weight is 299 g/mol. The zero-order valence-electron chi connectivity index (χ0n) is 11.5. The summed E-state index contributed by atoms with van der Waals surface area (Å²) < 4.78 is 2.20. The standard InChI is InChI=1S/C14H19ClN2OS/c1-4-7-17-12-6-5-10(15)8-11(12)16-13(17)19-9-14(2,3)18/h5-6,8,18H,4,7,9H2,1-3H3. The number of rotatable bonds is 5. The van der Waals surface area contributed by atoms with Crippen LogP contribution in [0.3, 0.4) is 0 Å². The molecule has 3 nitrogen and oxygen atoms in total. The van der Waals surface area contributed by atoms with Gasteiger partial charge in [-0.25, -0.2) is 4.98 Å². The summed E-state index contributed by atoms with van der Waals surface area (Å²) in [6.45, 7) is 6.69. The lowest BCUT2D eigenvalue weighted by molar-refractivity contribution is 0.107. The highest BCUT2D eigenvalue weighted by Gasteiger charge is 2.17. The number of hydrogen-bond acceptors (Lipinski definition) is 3. The molecule has 1 aromatic carbocycles. The Bertz CT molecular complexity index is 575. The third kappa shape index (κ3) is 3.65. The molecule has 1 heterocycles. The lowest BCUT2D eigenvalue weighted by Crippen LogP contribution is -2.22. The van der Waals surface area contributed by atoms with Gasteiger partial charge in [0.2, 0.25) is 0 Å². The molecule has 0 bridgehead atoms. The van der Waals surface area contributed by atoms with E-state index in [1.54, 1.807) is 11.8 Å². The van der Waals surface area contributed by atoms with Crippen LogP contribution in [0.25, 0.3) is 11.0 Å². The fraction of sp³-hybridized carbons (Fsp3) is 0.500. The number of halogens is 1. The highest BCUT2D eigenvalue weighted by atomic mass is 35.5. The van der Waals surface area contributed by atoms with Crippen molar-refractivity contribution in [2.24, 2.45) is 0 Å². The van der Waals surface area contributed by atoms with Gasteiger partial charge in [-0.1, -0.05) is 30.3 Å². The molecule has 1 aromatic heterocycles. The first kappa shape index (κ1) is 14.7. The largest absolute Gasteiger partial charge is 0.390 e. The van der Waals surface area contributed by atoms with Crippen LogP contribution in [-0.4, -0.2) is 26.0 Å². The van der Waals surface area contributed by atoms with Crippen molar-refractivity contribution in [2.75, 3.05) is 5.75 Å². The summed E-state index contributed by atoms with van der Waals surface area (Å²) in [5, 5.41) is 11.5. The van der Waals surface area contributed by atoms with E-state index in [4.69, 9.17) is 11.6 Å². The van der Waals surface area contributed by atoms with E-state index in [0.717, 1.165) is 29.2 Å². The fourth-order valence-electron chi connectivity index (χ4n) is 1.87. The maximum atomic E-state index is 9.84. The molecule has 0 unspecified atom stereocenters. The summed E-state index contributed by atoms with van der Waals surface area (Å²) in [6.07, 6.45) is 1.05. The Morgan fingerprint density at radius 1 is 1.42 bits per heavy atom. The van der Waals surface area contributed by atoms with E-state index in [2.05, 4.69) is 16.5 Å². The molecule has 1 N–H and O–H groups in total. The smallest absolute Gasteiger partial charge is 0.169 e. The summed E-state index contributed by atoms with van der Waals surface area (Å²) in [5.74, 6) is 0.619. The van der Waals surface area contributed by atoms with Gasteiger partial charge in [0.05, 0.1) is 16.6 Å². The lowest BCUT2D eigenvalue weighted by atomic mass is 10.2. The number of fused-ring (bicyclic) bond motifs is 1. The molecule has 0 saturated heterocycles. The zero-order valence-corrected chi connectivity index (χ0v) is 13.1. The van der Waals surface area contributed by atoms with Gasteiger partial charge in [0.1, 0.15) is 0 Å². The fourth-order valence-corrected chi connectivity index (χ4v) is 3.03. The topological polar surface area (TPSA) is 38.0 Å². The normalized spacial score (nSPS) is 12.3. The van der Waals surface area contributed by atoms with E-state index in [1.165, 1.54) is 0 Å². The van der Waals surface area contributed by atoms with Crippen LogP contribution in [0.15, 0.2) is 23.4 Å². The molecule has 0 fully saturated rings. The predicted octanol–water partition coefficient (Wildman–Crippen LogP) is 3.96. The van der Waals surface area contributed by atoms with Gasteiger partial charge < -0.3 is 9.67 Å². The van der Waals surface area contributed by atoms with E-state index in [1.807, 2.05) is 32.0 Å². The Morgan fingerprint density at radius 3 is 2.79 bits per heavy atom. The van der Waals surface area contributed by atoms with Crippen LogP contribution in [0.1, 0.15) is 27.2 Å². The van der Waals surface area contributed by atoms with Crippen LogP contribution in [0, 0.1) is 0 Å². The number of aromatic nitrogens is 2. The van der Waals surface area contributed by atoms with Crippen LogP contribution in [-0.2, 0) is 6.54 Å². The molecule has 0 saturated carbocycles. The van der Waals surface area contributed by atoms with Gasteiger partial charge in [0.25, 0.3) is 0 Å². The number of imidazole rings is 1. The number of thioether (sulfide) groups is 1.